The van der Waals surface area contributed by atoms with Crippen LogP contribution in [-0.2, 0) is 11.3 Å². The van der Waals surface area contributed by atoms with Crippen LogP contribution in [0.3, 0.4) is 0 Å². The van der Waals surface area contributed by atoms with Crippen LogP contribution in [0.25, 0.3) is 11.4 Å². The molecule has 8 heteroatoms. The number of hydrogen-bond acceptors (Lipinski definition) is 6. The van der Waals surface area contributed by atoms with E-state index in [1.165, 1.54) is 11.8 Å². The number of anilines is 1. The molecule has 7 nitrogen and oxygen atoms in total. The summed E-state index contributed by atoms with van der Waals surface area (Å²) in [7, 11) is 0. The summed E-state index contributed by atoms with van der Waals surface area (Å²) in [6.07, 6.45) is 5.07. The molecule has 0 fully saturated rings. The number of carbonyl (C=O) groups is 1. The van der Waals surface area contributed by atoms with Gasteiger partial charge in [0.2, 0.25) is 5.91 Å². The zero-order valence-electron chi connectivity index (χ0n) is 17.6. The Morgan fingerprint density at radius 3 is 2.52 bits per heavy atom. The number of para-hydroxylation sites is 1. The van der Waals surface area contributed by atoms with Gasteiger partial charge in [-0.2, -0.15) is 0 Å². The van der Waals surface area contributed by atoms with Gasteiger partial charge in [0.05, 0.1) is 18.1 Å². The molecular formula is C23H23N5O2S. The van der Waals surface area contributed by atoms with Gasteiger partial charge in [-0.25, -0.2) is 0 Å². The lowest BCUT2D eigenvalue weighted by atomic mass is 10.1. The van der Waals surface area contributed by atoms with Gasteiger partial charge in [0.15, 0.2) is 11.0 Å². The first-order valence-corrected chi connectivity index (χ1v) is 10.8. The summed E-state index contributed by atoms with van der Waals surface area (Å²) in [5.41, 5.74) is 3.82. The molecule has 0 bridgehead atoms. The summed E-state index contributed by atoms with van der Waals surface area (Å²) in [6, 6.07) is 13.5. The Hall–Kier alpha value is -3.39. The molecule has 0 saturated carbocycles. The lowest BCUT2D eigenvalue weighted by Gasteiger charge is -2.15. The molecule has 4 aromatic rings. The second-order valence-corrected chi connectivity index (χ2v) is 8.53. The van der Waals surface area contributed by atoms with Crippen molar-refractivity contribution in [2.45, 2.75) is 37.7 Å². The summed E-state index contributed by atoms with van der Waals surface area (Å²) >= 11 is 1.37. The monoisotopic (exact) mass is 433 g/mol. The van der Waals surface area contributed by atoms with Crippen molar-refractivity contribution in [1.29, 1.82) is 0 Å². The average molecular weight is 434 g/mol. The highest BCUT2D eigenvalue weighted by Crippen LogP contribution is 2.29. The fourth-order valence-electron chi connectivity index (χ4n) is 3.24. The second-order valence-electron chi connectivity index (χ2n) is 7.22. The highest BCUT2D eigenvalue weighted by molar-refractivity contribution is 8.00. The number of benzene rings is 1. The quantitative estimate of drug-likeness (QED) is 0.425. The number of nitrogens with one attached hydrogen (secondary N) is 1. The Balaban J connectivity index is 1.58. The molecule has 1 atom stereocenters. The predicted molar refractivity (Wildman–Crippen MR) is 121 cm³/mol. The van der Waals surface area contributed by atoms with Crippen LogP contribution in [-0.4, -0.2) is 30.9 Å². The third-order valence-electron chi connectivity index (χ3n) is 4.93. The molecule has 4 rings (SSSR count). The van der Waals surface area contributed by atoms with Crippen molar-refractivity contribution in [3.8, 4) is 11.4 Å². The van der Waals surface area contributed by atoms with E-state index < -0.39 is 0 Å². The molecule has 0 aliphatic rings. The molecule has 1 N–H and O–H groups in total. The van der Waals surface area contributed by atoms with Gasteiger partial charge in [0.25, 0.3) is 0 Å². The van der Waals surface area contributed by atoms with E-state index in [1.54, 1.807) is 18.7 Å². The Morgan fingerprint density at radius 2 is 1.84 bits per heavy atom. The second kappa shape index (κ2) is 9.18. The van der Waals surface area contributed by atoms with E-state index in [-0.39, 0.29) is 11.2 Å². The van der Waals surface area contributed by atoms with Crippen molar-refractivity contribution in [3.05, 3.63) is 78.0 Å². The fourth-order valence-corrected chi connectivity index (χ4v) is 4.09. The summed E-state index contributed by atoms with van der Waals surface area (Å²) in [5, 5.41) is 12.1. The van der Waals surface area contributed by atoms with E-state index in [9.17, 15) is 4.79 Å². The molecule has 3 heterocycles. The third kappa shape index (κ3) is 4.69. The molecule has 1 aromatic carbocycles. The molecule has 31 heavy (non-hydrogen) atoms. The van der Waals surface area contributed by atoms with Crippen molar-refractivity contribution in [2.75, 3.05) is 5.32 Å². The van der Waals surface area contributed by atoms with Gasteiger partial charge in [-0.3, -0.25) is 14.3 Å². The summed E-state index contributed by atoms with van der Waals surface area (Å²) in [4.78, 5) is 17.0. The van der Waals surface area contributed by atoms with Crippen LogP contribution in [0.1, 0.15) is 23.8 Å². The Labute approximate surface area is 184 Å². The van der Waals surface area contributed by atoms with Gasteiger partial charge in [-0.05, 0) is 56.2 Å². The van der Waals surface area contributed by atoms with Gasteiger partial charge < -0.3 is 9.73 Å². The molecule has 158 valence electrons. The van der Waals surface area contributed by atoms with Gasteiger partial charge in [0.1, 0.15) is 5.76 Å². The number of aryl methyl sites for hydroxylation is 2. The van der Waals surface area contributed by atoms with Crippen molar-refractivity contribution >= 4 is 23.4 Å². The van der Waals surface area contributed by atoms with E-state index in [0.717, 1.165) is 28.1 Å². The normalized spacial score (nSPS) is 12.0. The van der Waals surface area contributed by atoms with Crippen molar-refractivity contribution in [2.24, 2.45) is 0 Å². The first kappa shape index (κ1) is 20.9. The zero-order chi connectivity index (χ0) is 21.8. The Kier molecular flexibility index (Phi) is 6.18. The minimum atomic E-state index is -0.371. The van der Waals surface area contributed by atoms with E-state index >= 15 is 0 Å². The predicted octanol–water partition coefficient (Wildman–Crippen LogP) is 4.72. The molecule has 0 radical (unpaired) electrons. The third-order valence-corrected chi connectivity index (χ3v) is 6.01. The molecule has 0 aliphatic heterocycles. The largest absolute Gasteiger partial charge is 0.467 e. The molecule has 0 unspecified atom stereocenters. The number of hydrogen-bond donors (Lipinski definition) is 1. The maximum absolute atomic E-state index is 12.9. The highest BCUT2D eigenvalue weighted by atomic mass is 32.2. The molecule has 0 aliphatic carbocycles. The van der Waals surface area contributed by atoms with Crippen molar-refractivity contribution in [1.82, 2.24) is 19.7 Å². The topological polar surface area (TPSA) is 85.8 Å². The maximum atomic E-state index is 12.9. The van der Waals surface area contributed by atoms with Crippen LogP contribution < -0.4 is 5.32 Å². The van der Waals surface area contributed by atoms with E-state index in [0.29, 0.717) is 17.5 Å². The smallest absolute Gasteiger partial charge is 0.237 e. The number of pyridine rings is 1. The fraction of sp³-hybridized carbons (Fsp3) is 0.217. The summed E-state index contributed by atoms with van der Waals surface area (Å²) < 4.78 is 7.49. The van der Waals surface area contributed by atoms with Crippen LogP contribution in [0, 0.1) is 13.8 Å². The summed E-state index contributed by atoms with van der Waals surface area (Å²) in [5.74, 6) is 1.40. The van der Waals surface area contributed by atoms with Crippen LogP contribution in [0.4, 0.5) is 5.69 Å². The first-order valence-electron chi connectivity index (χ1n) is 9.92. The number of amides is 1. The van der Waals surface area contributed by atoms with Crippen LogP contribution in [0.2, 0.25) is 0 Å². The first-order chi connectivity index (χ1) is 15.0. The zero-order valence-corrected chi connectivity index (χ0v) is 18.4. The number of nitrogens with zero attached hydrogens (tertiary/aromatic N) is 4. The molecule has 1 amide bonds. The van der Waals surface area contributed by atoms with Crippen LogP contribution >= 0.6 is 11.8 Å². The minimum absolute atomic E-state index is 0.0830. The van der Waals surface area contributed by atoms with Gasteiger partial charge in [0, 0.05) is 23.6 Å². The number of carbonyl (C=O) groups excluding carboxylic acids is 1. The number of rotatable bonds is 7. The van der Waals surface area contributed by atoms with Gasteiger partial charge in [-0.1, -0.05) is 30.0 Å². The average Bonchev–Trinajstić information content (AvgIpc) is 3.42. The highest BCUT2D eigenvalue weighted by Gasteiger charge is 2.22. The van der Waals surface area contributed by atoms with E-state index in [4.69, 9.17) is 4.42 Å². The minimum Gasteiger partial charge on any atom is -0.467 e. The van der Waals surface area contributed by atoms with E-state index in [1.807, 2.05) is 67.8 Å². The van der Waals surface area contributed by atoms with Crippen molar-refractivity contribution < 1.29 is 9.21 Å². The summed E-state index contributed by atoms with van der Waals surface area (Å²) in [6.45, 7) is 6.31. The SMILES string of the molecule is Cc1cccc(C)c1NC(=O)[C@H](C)Sc1nnc(-c2ccncc2)n1Cc1ccco1. The standard InChI is InChI=1S/C23H23N5O2S/c1-15-6-4-7-16(2)20(15)25-22(29)17(3)31-23-27-26-21(18-9-11-24-12-10-18)28(23)14-19-8-5-13-30-19/h4-13,17H,14H2,1-3H3,(H,25,29)/t17-/m0/s1. The van der Waals surface area contributed by atoms with Gasteiger partial charge >= 0.3 is 0 Å². The number of furan rings is 1. The Morgan fingerprint density at radius 1 is 1.10 bits per heavy atom. The van der Waals surface area contributed by atoms with Crippen molar-refractivity contribution in [3.63, 3.8) is 0 Å². The number of thioether (sulfide) groups is 1. The van der Waals surface area contributed by atoms with Gasteiger partial charge in [-0.15, -0.1) is 10.2 Å². The number of aromatic nitrogens is 4. The van der Waals surface area contributed by atoms with E-state index in [2.05, 4.69) is 20.5 Å². The van der Waals surface area contributed by atoms with Crippen LogP contribution in [0.5, 0.6) is 0 Å². The molecule has 0 spiro atoms. The maximum Gasteiger partial charge on any atom is 0.237 e. The van der Waals surface area contributed by atoms with Crippen LogP contribution in [0.15, 0.2) is 70.7 Å². The molecular weight excluding hydrogens is 410 g/mol. The Bertz CT molecular complexity index is 1150. The lowest BCUT2D eigenvalue weighted by Crippen LogP contribution is -2.24. The molecule has 3 aromatic heterocycles. The lowest BCUT2D eigenvalue weighted by molar-refractivity contribution is -0.115. The molecule has 0 saturated heterocycles.